The highest BCUT2D eigenvalue weighted by molar-refractivity contribution is 6.28. The quantitative estimate of drug-likeness (QED) is 0.413. The number of rotatable bonds is 8. The van der Waals surface area contributed by atoms with Gasteiger partial charge in [-0.1, -0.05) is 33.1 Å². The Labute approximate surface area is 123 Å². The molecular weight excluding hydrogens is 282 g/mol. The Morgan fingerprint density at radius 3 is 2.65 bits per heavy atom. The number of nitrogens with zero attached hydrogens (tertiary/aromatic N) is 3. The van der Waals surface area contributed by atoms with Crippen molar-refractivity contribution in [3.8, 4) is 5.88 Å². The van der Waals surface area contributed by atoms with E-state index >= 15 is 0 Å². The minimum Gasteiger partial charge on any atom is -0.472 e. The van der Waals surface area contributed by atoms with Gasteiger partial charge in [0, 0.05) is 0 Å². The molecule has 0 aromatic carbocycles. The van der Waals surface area contributed by atoms with E-state index in [0.717, 1.165) is 25.7 Å². The summed E-state index contributed by atoms with van der Waals surface area (Å²) >= 11 is 5.73. The van der Waals surface area contributed by atoms with Crippen molar-refractivity contribution in [3.05, 3.63) is 21.1 Å². The fourth-order valence-corrected chi connectivity index (χ4v) is 2.12. The van der Waals surface area contributed by atoms with Crippen LogP contribution in [0.3, 0.4) is 0 Å². The highest BCUT2D eigenvalue weighted by Crippen LogP contribution is 2.29. The van der Waals surface area contributed by atoms with Gasteiger partial charge in [-0.05, 0) is 30.9 Å². The van der Waals surface area contributed by atoms with Crippen molar-refractivity contribution < 1.29 is 9.66 Å². The van der Waals surface area contributed by atoms with E-state index in [9.17, 15) is 10.1 Å². The first-order valence-electron chi connectivity index (χ1n) is 6.80. The Morgan fingerprint density at radius 2 is 2.10 bits per heavy atom. The van der Waals surface area contributed by atoms with E-state index in [-0.39, 0.29) is 22.5 Å². The van der Waals surface area contributed by atoms with E-state index in [4.69, 9.17) is 16.3 Å². The van der Waals surface area contributed by atoms with E-state index in [1.807, 2.05) is 0 Å². The Kier molecular flexibility index (Phi) is 6.64. The van der Waals surface area contributed by atoms with Crippen LogP contribution in [0.1, 0.15) is 45.2 Å². The maximum Gasteiger partial charge on any atom is 0.352 e. The molecular formula is C13H20ClN3O3. The topological polar surface area (TPSA) is 78.2 Å². The van der Waals surface area contributed by atoms with Crippen molar-refractivity contribution in [1.82, 2.24) is 9.97 Å². The zero-order valence-electron chi connectivity index (χ0n) is 12.1. The molecule has 1 atom stereocenters. The van der Waals surface area contributed by atoms with Crippen LogP contribution in [-0.2, 0) is 0 Å². The fourth-order valence-electron chi connectivity index (χ4n) is 1.91. The Balaban J connectivity index is 2.83. The predicted molar refractivity (Wildman–Crippen MR) is 77.2 cm³/mol. The summed E-state index contributed by atoms with van der Waals surface area (Å²) in [5.74, 6) is 0.325. The lowest BCUT2D eigenvalue weighted by Crippen LogP contribution is -2.13. The van der Waals surface area contributed by atoms with E-state index in [1.54, 1.807) is 0 Å². The van der Waals surface area contributed by atoms with Crippen molar-refractivity contribution in [3.63, 3.8) is 0 Å². The van der Waals surface area contributed by atoms with Gasteiger partial charge in [-0.2, -0.15) is 4.98 Å². The molecule has 0 aliphatic heterocycles. The first-order chi connectivity index (χ1) is 9.49. The lowest BCUT2D eigenvalue weighted by Gasteiger charge is -2.15. The van der Waals surface area contributed by atoms with Crippen LogP contribution in [0, 0.1) is 23.0 Å². The third-order valence-electron chi connectivity index (χ3n) is 3.18. The van der Waals surface area contributed by atoms with Crippen molar-refractivity contribution in [2.75, 3.05) is 6.61 Å². The largest absolute Gasteiger partial charge is 0.472 e. The first-order valence-corrected chi connectivity index (χ1v) is 7.18. The van der Waals surface area contributed by atoms with Gasteiger partial charge in [-0.3, -0.25) is 10.1 Å². The highest BCUT2D eigenvalue weighted by Gasteiger charge is 2.24. The fraction of sp³-hybridized carbons (Fsp3) is 0.692. The summed E-state index contributed by atoms with van der Waals surface area (Å²) in [6, 6.07) is 0. The number of aryl methyl sites for hydroxylation is 1. The van der Waals surface area contributed by atoms with Crippen LogP contribution in [0.2, 0.25) is 5.28 Å². The minimum absolute atomic E-state index is 0.0373. The Bertz CT molecular complexity index is 468. The number of ether oxygens (including phenoxy) is 1. The second-order valence-electron chi connectivity index (χ2n) is 4.72. The van der Waals surface area contributed by atoms with E-state index in [2.05, 4.69) is 23.8 Å². The van der Waals surface area contributed by atoms with Gasteiger partial charge in [-0.15, -0.1) is 0 Å². The molecule has 0 saturated carbocycles. The first kappa shape index (κ1) is 16.6. The normalized spacial score (nSPS) is 12.2. The van der Waals surface area contributed by atoms with Crippen LogP contribution in [0.15, 0.2) is 0 Å². The third-order valence-corrected chi connectivity index (χ3v) is 3.35. The van der Waals surface area contributed by atoms with Crippen LogP contribution in [0.25, 0.3) is 0 Å². The molecule has 6 nitrogen and oxygen atoms in total. The van der Waals surface area contributed by atoms with Gasteiger partial charge in [0.25, 0.3) is 5.88 Å². The maximum atomic E-state index is 11.0. The zero-order chi connectivity index (χ0) is 15.1. The Hall–Kier alpha value is -1.43. The molecule has 1 unspecified atom stereocenters. The molecule has 0 fully saturated rings. The average molecular weight is 302 g/mol. The van der Waals surface area contributed by atoms with Crippen molar-refractivity contribution in [1.29, 1.82) is 0 Å². The zero-order valence-corrected chi connectivity index (χ0v) is 12.8. The average Bonchev–Trinajstić information content (AvgIpc) is 2.37. The number of hydrogen-bond acceptors (Lipinski definition) is 5. The van der Waals surface area contributed by atoms with E-state index in [0.29, 0.717) is 12.5 Å². The molecule has 0 bridgehead atoms. The monoisotopic (exact) mass is 301 g/mol. The molecule has 1 aromatic rings. The van der Waals surface area contributed by atoms with Gasteiger partial charge in [-0.25, -0.2) is 4.98 Å². The Morgan fingerprint density at radius 1 is 1.40 bits per heavy atom. The van der Waals surface area contributed by atoms with Crippen LogP contribution >= 0.6 is 11.6 Å². The van der Waals surface area contributed by atoms with Crippen LogP contribution < -0.4 is 4.74 Å². The van der Waals surface area contributed by atoms with Crippen molar-refractivity contribution in [2.45, 2.75) is 46.5 Å². The lowest BCUT2D eigenvalue weighted by molar-refractivity contribution is -0.387. The van der Waals surface area contributed by atoms with Crippen LogP contribution in [0.5, 0.6) is 5.88 Å². The summed E-state index contributed by atoms with van der Waals surface area (Å²) in [6.45, 7) is 6.14. The van der Waals surface area contributed by atoms with Crippen LogP contribution in [-0.4, -0.2) is 21.5 Å². The third kappa shape index (κ3) is 4.59. The second kappa shape index (κ2) is 7.99. The van der Waals surface area contributed by atoms with Gasteiger partial charge in [0.2, 0.25) is 5.28 Å². The smallest absolute Gasteiger partial charge is 0.352 e. The summed E-state index contributed by atoms with van der Waals surface area (Å²) in [7, 11) is 0. The SMILES string of the molecule is CCCCC(CC)COc1nc(Cl)nc(C)c1[N+](=O)[O-]. The van der Waals surface area contributed by atoms with E-state index < -0.39 is 4.92 Å². The number of unbranched alkanes of at least 4 members (excludes halogenated alkanes) is 1. The molecule has 1 heterocycles. The molecule has 0 spiro atoms. The summed E-state index contributed by atoms with van der Waals surface area (Å²) in [6.07, 6.45) is 4.24. The summed E-state index contributed by atoms with van der Waals surface area (Å²) in [5.41, 5.74) is 0.00588. The van der Waals surface area contributed by atoms with Crippen molar-refractivity contribution in [2.24, 2.45) is 5.92 Å². The number of hydrogen-bond donors (Lipinski definition) is 0. The minimum atomic E-state index is -0.534. The van der Waals surface area contributed by atoms with Gasteiger partial charge in [0.1, 0.15) is 5.69 Å². The molecule has 0 N–H and O–H groups in total. The van der Waals surface area contributed by atoms with Crippen molar-refractivity contribution >= 4 is 17.3 Å². The standard InChI is InChI=1S/C13H20ClN3O3/c1-4-6-7-10(5-2)8-20-12-11(17(18)19)9(3)15-13(14)16-12/h10H,4-8H2,1-3H3. The van der Waals surface area contributed by atoms with Gasteiger partial charge < -0.3 is 4.74 Å². The molecule has 0 amide bonds. The number of halogens is 1. The number of nitro groups is 1. The highest BCUT2D eigenvalue weighted by atomic mass is 35.5. The molecule has 112 valence electrons. The van der Waals surface area contributed by atoms with Crippen LogP contribution in [0.4, 0.5) is 5.69 Å². The molecule has 1 aromatic heterocycles. The summed E-state index contributed by atoms with van der Waals surface area (Å²) in [5, 5.41) is 11.0. The molecule has 0 aliphatic rings. The molecule has 20 heavy (non-hydrogen) atoms. The van der Waals surface area contributed by atoms with Gasteiger partial charge in [0.15, 0.2) is 0 Å². The predicted octanol–water partition coefficient (Wildman–Crippen LogP) is 3.94. The maximum absolute atomic E-state index is 11.0. The molecule has 1 rings (SSSR count). The molecule has 0 aliphatic carbocycles. The lowest BCUT2D eigenvalue weighted by atomic mass is 10.0. The summed E-state index contributed by atoms with van der Waals surface area (Å²) in [4.78, 5) is 18.1. The number of aromatic nitrogens is 2. The molecule has 0 saturated heterocycles. The second-order valence-corrected chi connectivity index (χ2v) is 5.05. The van der Waals surface area contributed by atoms with Gasteiger partial charge in [0.05, 0.1) is 11.5 Å². The summed E-state index contributed by atoms with van der Waals surface area (Å²) < 4.78 is 5.53. The van der Waals surface area contributed by atoms with E-state index in [1.165, 1.54) is 6.92 Å². The molecule has 7 heteroatoms. The molecule has 0 radical (unpaired) electrons. The van der Waals surface area contributed by atoms with Gasteiger partial charge >= 0.3 is 5.69 Å².